The van der Waals surface area contributed by atoms with Crippen LogP contribution in [0.3, 0.4) is 0 Å². The minimum Gasteiger partial charge on any atom is -0.458 e. The molecule has 10 heteroatoms. The first-order valence-electron chi connectivity index (χ1n) is 12.2. The third-order valence-corrected chi connectivity index (χ3v) is 9.07. The second-order valence-corrected chi connectivity index (χ2v) is 11.5. The van der Waals surface area contributed by atoms with Gasteiger partial charge in [-0.1, -0.05) is 25.1 Å². The first-order chi connectivity index (χ1) is 17.0. The van der Waals surface area contributed by atoms with Crippen molar-refractivity contribution in [2.75, 3.05) is 0 Å². The molecule has 0 aliphatic carbocycles. The molecule has 0 spiro atoms. The van der Waals surface area contributed by atoms with Crippen LogP contribution in [0.1, 0.15) is 57.7 Å². The lowest BCUT2D eigenvalue weighted by molar-refractivity contribution is -0.170. The van der Waals surface area contributed by atoms with Gasteiger partial charge in [0.15, 0.2) is 0 Å². The van der Waals surface area contributed by atoms with Gasteiger partial charge in [-0.2, -0.15) is 0 Å². The number of aromatic nitrogens is 2. The molecule has 190 valence electrons. The monoisotopic (exact) mass is 511 g/mol. The molecular weight excluding hydrogens is 481 g/mol. The first kappa shape index (κ1) is 24.8. The quantitative estimate of drug-likeness (QED) is 0.301. The number of benzene rings is 1. The predicted molar refractivity (Wildman–Crippen MR) is 135 cm³/mol. The third-order valence-electron chi connectivity index (χ3n) is 7.01. The van der Waals surface area contributed by atoms with E-state index in [0.717, 1.165) is 16.5 Å². The Hall–Kier alpha value is -2.84. The van der Waals surface area contributed by atoms with E-state index in [1.165, 1.54) is 4.67 Å². The summed E-state index contributed by atoms with van der Waals surface area (Å²) in [4.78, 5) is 42.8. The van der Waals surface area contributed by atoms with Crippen molar-refractivity contribution >= 4 is 24.6 Å². The number of carbonyl (C=O) groups is 1. The van der Waals surface area contributed by atoms with Gasteiger partial charge in [0.25, 0.3) is 5.56 Å². The van der Waals surface area contributed by atoms with E-state index in [1.807, 2.05) is 30.3 Å². The van der Waals surface area contributed by atoms with Crippen molar-refractivity contribution in [2.45, 2.75) is 71.9 Å². The zero-order valence-electron chi connectivity index (χ0n) is 21.0. The van der Waals surface area contributed by atoms with Gasteiger partial charge in [-0.25, -0.2) is 19.0 Å². The Kier molecular flexibility index (Phi) is 5.95. The predicted octanol–water partition coefficient (Wildman–Crippen LogP) is 4.32. The summed E-state index contributed by atoms with van der Waals surface area (Å²) in [7, 11) is -4.48. The summed E-state index contributed by atoms with van der Waals surface area (Å²) in [6.07, 6.45) is 0.00825. The molecule has 2 atom stereocenters. The molecule has 2 aromatic heterocycles. The summed E-state index contributed by atoms with van der Waals surface area (Å²) < 4.78 is 27.9. The van der Waals surface area contributed by atoms with E-state index in [4.69, 9.17) is 14.2 Å². The number of fused-ring (bicyclic) bond motifs is 5. The second-order valence-electron chi connectivity index (χ2n) is 9.91. The average molecular weight is 512 g/mol. The maximum Gasteiger partial charge on any atom is 0.407 e. The molecule has 3 aromatic rings. The smallest absolute Gasteiger partial charge is 0.407 e. The fourth-order valence-corrected chi connectivity index (χ4v) is 7.46. The summed E-state index contributed by atoms with van der Waals surface area (Å²) in [5, 5.41) is 0.968. The summed E-state index contributed by atoms with van der Waals surface area (Å²) in [6, 6.07) is 10.8. The summed E-state index contributed by atoms with van der Waals surface area (Å²) in [6.45, 7) is 8.92. The Morgan fingerprint density at radius 2 is 1.89 bits per heavy atom. The molecule has 1 aromatic carbocycles. The normalized spacial score (nSPS) is 20.4. The van der Waals surface area contributed by atoms with Crippen molar-refractivity contribution in [2.24, 2.45) is 0 Å². The molecule has 5 rings (SSSR count). The summed E-state index contributed by atoms with van der Waals surface area (Å²) in [5.41, 5.74) is 1.16. The van der Waals surface area contributed by atoms with E-state index in [9.17, 15) is 19.0 Å². The van der Waals surface area contributed by atoms with Crippen LogP contribution in [-0.4, -0.2) is 37.2 Å². The van der Waals surface area contributed by atoms with Crippen LogP contribution in [0.5, 0.6) is 0 Å². The molecule has 1 N–H and O–H groups in total. The van der Waals surface area contributed by atoms with Crippen LogP contribution in [0.25, 0.3) is 22.3 Å². The number of esters is 1. The average Bonchev–Trinajstić information content (AvgIpc) is 3.16. The zero-order valence-corrected chi connectivity index (χ0v) is 21.9. The number of rotatable bonds is 6. The molecule has 1 unspecified atom stereocenters. The highest BCUT2D eigenvalue weighted by molar-refractivity contribution is 7.50. The lowest BCUT2D eigenvalue weighted by Crippen LogP contribution is -2.47. The zero-order chi connectivity index (χ0) is 26.0. The lowest BCUT2D eigenvalue weighted by atomic mass is 9.86. The van der Waals surface area contributed by atoms with Gasteiger partial charge in [0.05, 0.1) is 29.0 Å². The molecule has 0 bridgehead atoms. The largest absolute Gasteiger partial charge is 0.458 e. The molecule has 0 amide bonds. The molecule has 0 radical (unpaired) electrons. The summed E-state index contributed by atoms with van der Waals surface area (Å²) >= 11 is 0. The Balaban J connectivity index is 1.71. The number of para-hydroxylation sites is 1. The maximum absolute atomic E-state index is 13.6. The molecule has 0 saturated heterocycles. The van der Waals surface area contributed by atoms with E-state index in [-0.39, 0.29) is 41.8 Å². The summed E-state index contributed by atoms with van der Waals surface area (Å²) in [5.74, 6) is -0.784. The second kappa shape index (κ2) is 8.63. The Morgan fingerprint density at radius 3 is 2.56 bits per heavy atom. The number of hydrogen-bond donors (Lipinski definition) is 1. The third kappa shape index (κ3) is 3.65. The SMILES string of the molecule is CC[C@@]1(OP(=O)(O)N(C(C)C)C(C)C)C(=O)OCc2c1cc1n(c2=O)Cc2cc3ccccc3nc2-1. The van der Waals surface area contributed by atoms with E-state index in [0.29, 0.717) is 17.9 Å². The van der Waals surface area contributed by atoms with Crippen LogP contribution in [0.4, 0.5) is 0 Å². The molecule has 9 nitrogen and oxygen atoms in total. The standard InChI is InChI=1S/C26H30N3O6P/c1-6-26(35-36(32,33)29(15(2)3)16(4)5)20-12-22-23-18(11-17-9-7-8-10-21(17)27-23)13-28(22)24(30)19(20)14-34-25(26)31/h7-12,15-16H,6,13-14H2,1-5H3,(H,32,33)/t26-/m0/s1. The van der Waals surface area contributed by atoms with Gasteiger partial charge in [-0.05, 0) is 52.3 Å². The number of hydrogen-bond acceptors (Lipinski definition) is 6. The van der Waals surface area contributed by atoms with E-state index in [2.05, 4.69) is 0 Å². The Bertz CT molecular complexity index is 1490. The van der Waals surface area contributed by atoms with Crippen LogP contribution in [0, 0.1) is 0 Å². The highest BCUT2D eigenvalue weighted by Crippen LogP contribution is 2.57. The van der Waals surface area contributed by atoms with E-state index >= 15 is 0 Å². The minimum absolute atomic E-state index is 0.00825. The van der Waals surface area contributed by atoms with E-state index in [1.54, 1.807) is 45.3 Å². The number of cyclic esters (lactones) is 1. The van der Waals surface area contributed by atoms with Gasteiger partial charge in [0.2, 0.25) is 5.60 Å². The van der Waals surface area contributed by atoms with Gasteiger partial charge >= 0.3 is 13.7 Å². The maximum atomic E-state index is 13.6. The van der Waals surface area contributed by atoms with Gasteiger partial charge in [0, 0.05) is 28.6 Å². The molecule has 0 saturated carbocycles. The topological polar surface area (TPSA) is 111 Å². The van der Waals surface area contributed by atoms with Crippen LogP contribution in [0.15, 0.2) is 41.2 Å². The first-order valence-corrected chi connectivity index (χ1v) is 13.7. The van der Waals surface area contributed by atoms with Gasteiger partial charge in [0.1, 0.15) is 6.61 Å². The number of pyridine rings is 2. The fraction of sp³-hybridized carbons (Fsp3) is 0.423. The van der Waals surface area contributed by atoms with Crippen LogP contribution in [0.2, 0.25) is 0 Å². The van der Waals surface area contributed by atoms with Crippen molar-refractivity contribution in [1.29, 1.82) is 0 Å². The van der Waals surface area contributed by atoms with Crippen molar-refractivity contribution in [1.82, 2.24) is 14.2 Å². The van der Waals surface area contributed by atoms with Crippen LogP contribution >= 0.6 is 7.75 Å². The highest BCUT2D eigenvalue weighted by Gasteiger charge is 2.53. The minimum atomic E-state index is -4.48. The van der Waals surface area contributed by atoms with Crippen molar-refractivity contribution < 1.29 is 23.5 Å². The Labute approximate surface area is 209 Å². The number of nitrogens with zero attached hydrogens (tertiary/aromatic N) is 3. The van der Waals surface area contributed by atoms with Crippen molar-refractivity contribution in [3.63, 3.8) is 0 Å². The number of ether oxygens (including phenoxy) is 1. The van der Waals surface area contributed by atoms with Crippen molar-refractivity contribution in [3.05, 3.63) is 63.4 Å². The van der Waals surface area contributed by atoms with Gasteiger partial charge in [-0.15, -0.1) is 0 Å². The molecule has 2 aliphatic rings. The van der Waals surface area contributed by atoms with Crippen LogP contribution < -0.4 is 5.56 Å². The Morgan fingerprint density at radius 1 is 1.19 bits per heavy atom. The lowest BCUT2D eigenvalue weighted by Gasteiger charge is -2.41. The molecule has 36 heavy (non-hydrogen) atoms. The molecule has 0 fully saturated rings. The van der Waals surface area contributed by atoms with Gasteiger partial charge in [-0.3, -0.25) is 9.32 Å². The number of carbonyl (C=O) groups excluding carboxylic acids is 1. The van der Waals surface area contributed by atoms with Gasteiger partial charge < -0.3 is 14.2 Å². The van der Waals surface area contributed by atoms with Crippen LogP contribution in [-0.2, 0) is 37.4 Å². The fourth-order valence-electron chi connectivity index (χ4n) is 5.49. The molecule has 2 aliphatic heterocycles. The molecule has 4 heterocycles. The van der Waals surface area contributed by atoms with E-state index < -0.39 is 19.3 Å². The van der Waals surface area contributed by atoms with Crippen molar-refractivity contribution in [3.8, 4) is 11.4 Å². The molecular formula is C26H30N3O6P. The highest BCUT2D eigenvalue weighted by atomic mass is 31.2.